The van der Waals surface area contributed by atoms with Gasteiger partial charge in [-0.3, -0.25) is 0 Å². The minimum absolute atomic E-state index is 0.0342. The number of fused-ring (bicyclic) bond motifs is 1. The zero-order valence-corrected chi connectivity index (χ0v) is 9.77. The summed E-state index contributed by atoms with van der Waals surface area (Å²) in [5.74, 6) is 0.737. The third-order valence-electron chi connectivity index (χ3n) is 2.66. The number of halogens is 3. The highest BCUT2D eigenvalue weighted by atomic mass is 19.4. The number of hydrogen-bond donors (Lipinski definition) is 0. The normalized spacial score (nSPS) is 26.9. The number of allylic oxidation sites excluding steroid dienone is 3. The fourth-order valence-corrected chi connectivity index (χ4v) is 1.94. The second-order valence-corrected chi connectivity index (χ2v) is 3.70. The van der Waals surface area contributed by atoms with Crippen LogP contribution in [0.1, 0.15) is 33.6 Å². The Labute approximate surface area is 94.0 Å². The molecule has 0 aliphatic heterocycles. The second-order valence-electron chi connectivity index (χ2n) is 3.70. The standard InChI is InChI=1S/C10H11F3O.C2H6/c1-2-6-3-8(14-10(11,12)13)4-7-5-9(6)7;1-2/h3-4,7,9H,2,5H2,1H3;1-2H3. The molecule has 2 rings (SSSR count). The molecule has 2 aliphatic rings. The van der Waals surface area contributed by atoms with E-state index in [0.717, 1.165) is 18.4 Å². The smallest absolute Gasteiger partial charge is 0.406 e. The van der Waals surface area contributed by atoms with E-state index in [1.54, 1.807) is 6.08 Å². The second kappa shape index (κ2) is 4.93. The zero-order valence-electron chi connectivity index (χ0n) is 9.77. The molecule has 1 saturated carbocycles. The summed E-state index contributed by atoms with van der Waals surface area (Å²) in [5.41, 5.74) is 1.08. The maximum atomic E-state index is 11.9. The first-order chi connectivity index (χ1) is 7.49. The SMILES string of the molecule is CC.CCC1=CC(OC(F)(F)F)=CC2CC12. The molecule has 0 amide bonds. The van der Waals surface area contributed by atoms with Gasteiger partial charge in [0.25, 0.3) is 0 Å². The molecular formula is C12H17F3O. The molecule has 2 unspecified atom stereocenters. The van der Waals surface area contributed by atoms with Crippen LogP contribution in [0.2, 0.25) is 0 Å². The molecule has 0 radical (unpaired) electrons. The van der Waals surface area contributed by atoms with Gasteiger partial charge in [0.05, 0.1) is 0 Å². The van der Waals surface area contributed by atoms with Crippen molar-refractivity contribution in [2.24, 2.45) is 11.8 Å². The largest absolute Gasteiger partial charge is 0.573 e. The van der Waals surface area contributed by atoms with Gasteiger partial charge >= 0.3 is 6.36 Å². The van der Waals surface area contributed by atoms with Crippen LogP contribution in [0, 0.1) is 11.8 Å². The van der Waals surface area contributed by atoms with E-state index in [1.807, 2.05) is 20.8 Å². The lowest BCUT2D eigenvalue weighted by molar-refractivity contribution is -0.303. The minimum atomic E-state index is -4.57. The average molecular weight is 234 g/mol. The molecule has 1 fully saturated rings. The average Bonchev–Trinajstić information content (AvgIpc) is 2.96. The third-order valence-corrected chi connectivity index (χ3v) is 2.66. The van der Waals surface area contributed by atoms with Gasteiger partial charge in [0.1, 0.15) is 5.76 Å². The number of ether oxygens (including phenoxy) is 1. The van der Waals surface area contributed by atoms with Gasteiger partial charge in [-0.05, 0) is 36.8 Å². The molecule has 0 bridgehead atoms. The first kappa shape index (κ1) is 13.1. The summed E-state index contributed by atoms with van der Waals surface area (Å²) in [4.78, 5) is 0. The van der Waals surface area contributed by atoms with Gasteiger partial charge in [0, 0.05) is 0 Å². The van der Waals surface area contributed by atoms with Crippen molar-refractivity contribution in [3.05, 3.63) is 23.5 Å². The maximum Gasteiger partial charge on any atom is 0.573 e. The van der Waals surface area contributed by atoms with Crippen molar-refractivity contribution < 1.29 is 17.9 Å². The number of hydrogen-bond acceptors (Lipinski definition) is 1. The fraction of sp³-hybridized carbons (Fsp3) is 0.667. The molecule has 92 valence electrons. The fourth-order valence-electron chi connectivity index (χ4n) is 1.94. The highest BCUT2D eigenvalue weighted by molar-refractivity contribution is 5.33. The van der Waals surface area contributed by atoms with Crippen molar-refractivity contribution >= 4 is 0 Å². The predicted octanol–water partition coefficient (Wildman–Crippen LogP) is 4.42. The molecule has 4 heteroatoms. The van der Waals surface area contributed by atoms with Crippen molar-refractivity contribution in [3.63, 3.8) is 0 Å². The van der Waals surface area contributed by atoms with Gasteiger partial charge in [-0.2, -0.15) is 0 Å². The van der Waals surface area contributed by atoms with Gasteiger partial charge in [0.2, 0.25) is 0 Å². The first-order valence-electron chi connectivity index (χ1n) is 5.67. The molecule has 0 aromatic rings. The van der Waals surface area contributed by atoms with E-state index in [0.29, 0.717) is 5.92 Å². The van der Waals surface area contributed by atoms with Crippen LogP contribution in [-0.4, -0.2) is 6.36 Å². The molecule has 1 nitrogen and oxygen atoms in total. The quantitative estimate of drug-likeness (QED) is 0.687. The van der Waals surface area contributed by atoms with Crippen LogP contribution in [0.4, 0.5) is 13.2 Å². The molecule has 2 atom stereocenters. The highest BCUT2D eigenvalue weighted by Gasteiger charge is 2.42. The molecule has 0 aromatic heterocycles. The molecule has 16 heavy (non-hydrogen) atoms. The summed E-state index contributed by atoms with van der Waals surface area (Å²) >= 11 is 0. The van der Waals surface area contributed by atoms with Crippen LogP contribution in [0.15, 0.2) is 23.5 Å². The molecule has 0 N–H and O–H groups in total. The lowest BCUT2D eigenvalue weighted by Gasteiger charge is -2.14. The minimum Gasteiger partial charge on any atom is -0.406 e. The maximum absolute atomic E-state index is 11.9. The Balaban J connectivity index is 0.000000606. The van der Waals surface area contributed by atoms with Crippen molar-refractivity contribution in [1.29, 1.82) is 0 Å². The van der Waals surface area contributed by atoms with Gasteiger partial charge in [-0.25, -0.2) is 0 Å². The Kier molecular flexibility index (Phi) is 4.05. The van der Waals surface area contributed by atoms with Crippen molar-refractivity contribution in [2.45, 2.75) is 40.0 Å². The van der Waals surface area contributed by atoms with Crippen molar-refractivity contribution in [2.75, 3.05) is 0 Å². The zero-order chi connectivity index (χ0) is 12.3. The summed E-state index contributed by atoms with van der Waals surface area (Å²) in [6.07, 6.45) is 0.325. The first-order valence-corrected chi connectivity index (χ1v) is 5.67. The predicted molar refractivity (Wildman–Crippen MR) is 56.5 cm³/mol. The van der Waals surface area contributed by atoms with Crippen LogP contribution >= 0.6 is 0 Å². The van der Waals surface area contributed by atoms with E-state index in [-0.39, 0.29) is 11.7 Å². The van der Waals surface area contributed by atoms with Gasteiger partial charge in [-0.1, -0.05) is 26.3 Å². The number of rotatable bonds is 2. The molecule has 2 aliphatic carbocycles. The van der Waals surface area contributed by atoms with Crippen molar-refractivity contribution in [1.82, 2.24) is 0 Å². The van der Waals surface area contributed by atoms with Crippen LogP contribution in [0.5, 0.6) is 0 Å². The Hall–Kier alpha value is -0.930. The third kappa shape index (κ3) is 3.29. The lowest BCUT2D eigenvalue weighted by atomic mass is 10.0. The van der Waals surface area contributed by atoms with E-state index >= 15 is 0 Å². The van der Waals surface area contributed by atoms with Crippen molar-refractivity contribution in [3.8, 4) is 0 Å². The Bertz CT molecular complexity index is 302. The summed E-state index contributed by atoms with van der Waals surface area (Å²) < 4.78 is 39.7. The van der Waals surface area contributed by atoms with Crippen LogP contribution in [0.3, 0.4) is 0 Å². The summed E-state index contributed by atoms with van der Waals surface area (Å²) in [7, 11) is 0. The van der Waals surface area contributed by atoms with Gasteiger partial charge in [-0.15, -0.1) is 13.2 Å². The van der Waals surface area contributed by atoms with Crippen LogP contribution in [0.25, 0.3) is 0 Å². The molecular weight excluding hydrogens is 217 g/mol. The Morgan fingerprint density at radius 1 is 1.38 bits per heavy atom. The molecule has 0 spiro atoms. The van der Waals surface area contributed by atoms with Crippen LogP contribution in [-0.2, 0) is 4.74 Å². The van der Waals surface area contributed by atoms with Crippen LogP contribution < -0.4 is 0 Å². The summed E-state index contributed by atoms with van der Waals surface area (Å²) in [6.45, 7) is 5.96. The van der Waals surface area contributed by atoms with Gasteiger partial charge < -0.3 is 4.74 Å². The van der Waals surface area contributed by atoms with E-state index in [1.165, 1.54) is 6.08 Å². The lowest BCUT2D eigenvalue weighted by Crippen LogP contribution is -2.13. The topological polar surface area (TPSA) is 9.23 Å². The summed E-state index contributed by atoms with van der Waals surface area (Å²) in [5, 5.41) is 0. The monoisotopic (exact) mass is 234 g/mol. The van der Waals surface area contributed by atoms with E-state index in [9.17, 15) is 13.2 Å². The molecule has 0 heterocycles. The van der Waals surface area contributed by atoms with E-state index in [2.05, 4.69) is 4.74 Å². The Morgan fingerprint density at radius 2 is 2.00 bits per heavy atom. The Morgan fingerprint density at radius 3 is 2.50 bits per heavy atom. The van der Waals surface area contributed by atoms with E-state index < -0.39 is 6.36 Å². The highest BCUT2D eigenvalue weighted by Crippen LogP contribution is 2.50. The van der Waals surface area contributed by atoms with E-state index in [4.69, 9.17) is 0 Å². The molecule has 0 saturated heterocycles. The molecule has 0 aromatic carbocycles. The van der Waals surface area contributed by atoms with Gasteiger partial charge in [0.15, 0.2) is 0 Å². The summed E-state index contributed by atoms with van der Waals surface area (Å²) in [6, 6.07) is 0. The number of alkyl halides is 3.